The zero-order valence-corrected chi connectivity index (χ0v) is 13.5. The minimum absolute atomic E-state index is 0.0452. The van der Waals surface area contributed by atoms with E-state index in [9.17, 15) is 4.79 Å². The molecule has 112 valence electrons. The van der Waals surface area contributed by atoms with Gasteiger partial charge in [-0.25, -0.2) is 0 Å². The van der Waals surface area contributed by atoms with Crippen LogP contribution in [0.15, 0.2) is 24.3 Å². The van der Waals surface area contributed by atoms with E-state index in [2.05, 4.69) is 13.8 Å². The summed E-state index contributed by atoms with van der Waals surface area (Å²) in [7, 11) is 0. The van der Waals surface area contributed by atoms with Crippen LogP contribution in [0.4, 0.5) is 0 Å². The molecule has 1 aromatic rings. The van der Waals surface area contributed by atoms with Crippen LogP contribution in [0.5, 0.6) is 0 Å². The lowest BCUT2D eigenvalue weighted by Crippen LogP contribution is -2.21. The van der Waals surface area contributed by atoms with Gasteiger partial charge in [0, 0.05) is 5.02 Å². The molecule has 0 radical (unpaired) electrons. The number of halogens is 1. The third kappa shape index (κ3) is 5.54. The Balaban J connectivity index is 2.53. The fourth-order valence-corrected chi connectivity index (χ4v) is 2.25. The summed E-state index contributed by atoms with van der Waals surface area (Å²) in [6, 6.07) is 7.37. The molecule has 2 unspecified atom stereocenters. The smallest absolute Gasteiger partial charge is 0.313 e. The van der Waals surface area contributed by atoms with E-state index in [1.54, 1.807) is 12.1 Å². The highest BCUT2D eigenvalue weighted by molar-refractivity contribution is 6.30. The predicted molar refractivity (Wildman–Crippen MR) is 84.2 cm³/mol. The number of ether oxygens (including phenoxy) is 1. The molecule has 20 heavy (non-hydrogen) atoms. The minimum Gasteiger partial charge on any atom is -0.462 e. The van der Waals surface area contributed by atoms with Gasteiger partial charge in [0.1, 0.15) is 6.10 Å². The highest BCUT2D eigenvalue weighted by Crippen LogP contribution is 2.21. The Labute approximate surface area is 127 Å². The monoisotopic (exact) mass is 296 g/mol. The largest absolute Gasteiger partial charge is 0.462 e. The van der Waals surface area contributed by atoms with Crippen LogP contribution in [-0.4, -0.2) is 12.1 Å². The van der Waals surface area contributed by atoms with Crippen LogP contribution in [0.1, 0.15) is 64.4 Å². The first-order chi connectivity index (χ1) is 9.58. The third-order valence-electron chi connectivity index (χ3n) is 3.59. The van der Waals surface area contributed by atoms with Gasteiger partial charge in [-0.15, -0.1) is 0 Å². The van der Waals surface area contributed by atoms with E-state index in [0.717, 1.165) is 24.8 Å². The summed E-state index contributed by atoms with van der Waals surface area (Å²) in [6.07, 6.45) is 5.39. The Morgan fingerprint density at radius 3 is 2.40 bits per heavy atom. The lowest BCUT2D eigenvalue weighted by molar-refractivity contribution is -0.151. The molecule has 2 nitrogen and oxygen atoms in total. The number of benzene rings is 1. The van der Waals surface area contributed by atoms with Crippen LogP contribution < -0.4 is 0 Å². The number of unbranched alkanes of at least 4 members (excludes halogenated alkanes) is 2. The summed E-state index contributed by atoms with van der Waals surface area (Å²) >= 11 is 5.86. The Morgan fingerprint density at radius 1 is 1.20 bits per heavy atom. The highest BCUT2D eigenvalue weighted by atomic mass is 35.5. The first kappa shape index (κ1) is 17.0. The number of carbonyl (C=O) groups excluding carboxylic acids is 1. The van der Waals surface area contributed by atoms with Crippen molar-refractivity contribution in [2.75, 3.05) is 0 Å². The van der Waals surface area contributed by atoms with Crippen molar-refractivity contribution in [3.63, 3.8) is 0 Å². The second kappa shape index (κ2) is 9.02. The second-order valence-corrected chi connectivity index (χ2v) is 5.67. The van der Waals surface area contributed by atoms with Gasteiger partial charge in [-0.2, -0.15) is 0 Å². The third-order valence-corrected chi connectivity index (χ3v) is 3.84. The molecule has 0 spiro atoms. The van der Waals surface area contributed by atoms with E-state index in [4.69, 9.17) is 16.3 Å². The number of esters is 1. The van der Waals surface area contributed by atoms with Crippen LogP contribution in [0, 0.1) is 0 Å². The Hall–Kier alpha value is -1.02. The average Bonchev–Trinajstić information content (AvgIpc) is 2.46. The Bertz CT molecular complexity index is 400. The second-order valence-electron chi connectivity index (χ2n) is 5.24. The van der Waals surface area contributed by atoms with Gasteiger partial charge in [-0.3, -0.25) is 4.79 Å². The molecular weight excluding hydrogens is 272 g/mol. The molecule has 0 saturated carbocycles. The molecule has 0 amide bonds. The van der Waals surface area contributed by atoms with Gasteiger partial charge >= 0.3 is 5.97 Å². The molecule has 0 N–H and O–H groups in total. The highest BCUT2D eigenvalue weighted by Gasteiger charge is 2.20. The van der Waals surface area contributed by atoms with E-state index < -0.39 is 0 Å². The SMILES string of the molecule is CCCCCC(CC)OC(=O)C(C)c1ccc(Cl)cc1. The fourth-order valence-electron chi connectivity index (χ4n) is 2.12. The summed E-state index contributed by atoms with van der Waals surface area (Å²) in [4.78, 5) is 12.2. The van der Waals surface area contributed by atoms with Gasteiger partial charge in [-0.1, -0.05) is 50.4 Å². The summed E-state index contributed by atoms with van der Waals surface area (Å²) in [6.45, 7) is 6.12. The molecule has 0 saturated heterocycles. The van der Waals surface area contributed by atoms with E-state index in [-0.39, 0.29) is 18.0 Å². The summed E-state index contributed by atoms with van der Waals surface area (Å²) in [5.41, 5.74) is 0.947. The lowest BCUT2D eigenvalue weighted by Gasteiger charge is -2.19. The zero-order valence-electron chi connectivity index (χ0n) is 12.7. The van der Waals surface area contributed by atoms with Crippen molar-refractivity contribution in [3.05, 3.63) is 34.9 Å². The zero-order chi connectivity index (χ0) is 15.0. The Morgan fingerprint density at radius 2 is 1.85 bits per heavy atom. The van der Waals surface area contributed by atoms with Gasteiger partial charge in [0.2, 0.25) is 0 Å². The number of hydrogen-bond acceptors (Lipinski definition) is 2. The van der Waals surface area contributed by atoms with E-state index >= 15 is 0 Å². The molecule has 0 aliphatic rings. The summed E-state index contributed by atoms with van der Waals surface area (Å²) in [5, 5.41) is 0.681. The summed E-state index contributed by atoms with van der Waals surface area (Å²) < 4.78 is 5.62. The fraction of sp³-hybridized carbons (Fsp3) is 0.588. The first-order valence-electron chi connectivity index (χ1n) is 7.54. The average molecular weight is 297 g/mol. The summed E-state index contributed by atoms with van der Waals surface area (Å²) in [5.74, 6) is -0.386. The van der Waals surface area contributed by atoms with Crippen molar-refractivity contribution in [3.8, 4) is 0 Å². The molecule has 3 heteroatoms. The van der Waals surface area contributed by atoms with Gasteiger partial charge in [0.05, 0.1) is 5.92 Å². The van der Waals surface area contributed by atoms with Crippen molar-refractivity contribution in [2.24, 2.45) is 0 Å². The first-order valence-corrected chi connectivity index (χ1v) is 7.92. The van der Waals surface area contributed by atoms with Crippen molar-refractivity contribution in [1.29, 1.82) is 0 Å². The molecule has 0 fully saturated rings. The number of carbonyl (C=O) groups is 1. The molecule has 0 bridgehead atoms. The van der Waals surface area contributed by atoms with Crippen LogP contribution in [-0.2, 0) is 9.53 Å². The van der Waals surface area contributed by atoms with Crippen LogP contribution >= 0.6 is 11.6 Å². The molecule has 2 atom stereocenters. The lowest BCUT2D eigenvalue weighted by atomic mass is 10.0. The van der Waals surface area contributed by atoms with Gasteiger partial charge < -0.3 is 4.74 Å². The van der Waals surface area contributed by atoms with Crippen molar-refractivity contribution >= 4 is 17.6 Å². The molecule has 1 aromatic carbocycles. The maximum atomic E-state index is 12.2. The maximum Gasteiger partial charge on any atom is 0.313 e. The van der Waals surface area contributed by atoms with Gasteiger partial charge in [0.15, 0.2) is 0 Å². The predicted octanol–water partition coefficient (Wildman–Crippen LogP) is 5.35. The molecule has 0 aromatic heterocycles. The molecular formula is C17H25ClO2. The van der Waals surface area contributed by atoms with Crippen LogP contribution in [0.3, 0.4) is 0 Å². The van der Waals surface area contributed by atoms with E-state index in [1.807, 2.05) is 19.1 Å². The minimum atomic E-state index is -0.243. The number of rotatable bonds is 8. The quantitative estimate of drug-likeness (QED) is 0.478. The van der Waals surface area contributed by atoms with Crippen molar-refractivity contribution < 1.29 is 9.53 Å². The maximum absolute atomic E-state index is 12.2. The molecule has 1 rings (SSSR count). The molecule has 0 aliphatic carbocycles. The van der Waals surface area contributed by atoms with E-state index in [1.165, 1.54) is 12.8 Å². The van der Waals surface area contributed by atoms with Crippen LogP contribution in [0.2, 0.25) is 5.02 Å². The van der Waals surface area contributed by atoms with Crippen molar-refractivity contribution in [2.45, 2.75) is 64.9 Å². The molecule has 0 heterocycles. The van der Waals surface area contributed by atoms with E-state index in [0.29, 0.717) is 5.02 Å². The topological polar surface area (TPSA) is 26.3 Å². The van der Waals surface area contributed by atoms with Crippen molar-refractivity contribution in [1.82, 2.24) is 0 Å². The van der Waals surface area contributed by atoms with Crippen LogP contribution in [0.25, 0.3) is 0 Å². The normalized spacial score (nSPS) is 13.8. The standard InChI is InChI=1S/C17H25ClO2/c1-4-6-7-8-16(5-2)20-17(19)13(3)14-9-11-15(18)12-10-14/h9-13,16H,4-8H2,1-3H3. The van der Waals surface area contributed by atoms with Gasteiger partial charge in [-0.05, 0) is 43.9 Å². The number of hydrogen-bond donors (Lipinski definition) is 0. The van der Waals surface area contributed by atoms with Gasteiger partial charge in [0.25, 0.3) is 0 Å². The Kier molecular flexibility index (Phi) is 7.68. The molecule has 0 aliphatic heterocycles.